The Bertz CT molecular complexity index is 6170. The Morgan fingerprint density at radius 1 is 0.478 bits per heavy atom. The van der Waals surface area contributed by atoms with Crippen LogP contribution >= 0.6 is 27.5 Å². The van der Waals surface area contributed by atoms with Gasteiger partial charge in [-0.1, -0.05) is 48.0 Å². The molecule has 0 bridgehead atoms. The maximum Gasteiger partial charge on any atom is 0.489 e. The predicted octanol–water partition coefficient (Wildman–Crippen LogP) is 2.78. The second-order valence-electron chi connectivity index (χ2n) is 32.6. The molecule has 39 nitrogen and oxygen atoms in total. The van der Waals surface area contributed by atoms with Crippen LogP contribution in [0, 0.1) is 20.8 Å². The van der Waals surface area contributed by atoms with Crippen molar-refractivity contribution in [2.45, 2.75) is 160 Å². The second-order valence-corrected chi connectivity index (χ2v) is 50.7. The van der Waals surface area contributed by atoms with Gasteiger partial charge in [-0.3, -0.25) is 4.98 Å². The highest BCUT2D eigenvalue weighted by Crippen LogP contribution is 2.31. The number of nitrogens with two attached hydrogens (primary N) is 6. The molecular formula is C85H132B2BrClN18O21S8. The van der Waals surface area contributed by atoms with Gasteiger partial charge in [-0.25, -0.2) is 95.2 Å². The van der Waals surface area contributed by atoms with Gasteiger partial charge in [0.25, 0.3) is 20.0 Å². The summed E-state index contributed by atoms with van der Waals surface area (Å²) >= 11 is 8.88. The molecule has 136 heavy (non-hydrogen) atoms. The van der Waals surface area contributed by atoms with Crippen LogP contribution in [0.25, 0.3) is 44.4 Å². The maximum atomic E-state index is 12.8. The number of aryl methyl sites for hydroxylation is 3. The molecule has 0 spiro atoms. The molecule has 6 aliphatic heterocycles. The van der Waals surface area contributed by atoms with Gasteiger partial charge in [-0.2, -0.15) is 0 Å². The first kappa shape index (κ1) is 119. The number of fused-ring (bicyclic) bond motifs is 3. The summed E-state index contributed by atoms with van der Waals surface area (Å²) in [7, 11) is -22.8. The molecule has 6 aliphatic rings. The fourth-order valence-electron chi connectivity index (χ4n) is 13.7. The molecule has 16 rings (SSSR count). The maximum absolute atomic E-state index is 12.8. The molecule has 8 aromatic heterocycles. The van der Waals surface area contributed by atoms with Crippen LogP contribution in [-0.2, 0) is 79.1 Å². The van der Waals surface area contributed by atoms with Crippen LogP contribution in [0.5, 0.6) is 0 Å². The van der Waals surface area contributed by atoms with E-state index in [2.05, 4.69) is 61.8 Å². The summed E-state index contributed by atoms with van der Waals surface area (Å²) in [6.45, 7) is 12.2. The first-order valence-corrected chi connectivity index (χ1v) is 58.8. The number of nitrogens with zero attached hydrogens (tertiary/aromatic N) is 8. The molecule has 10 aromatic rings. The lowest BCUT2D eigenvalue weighted by Gasteiger charge is -2.30. The number of aliphatic hydroxyl groups is 2. The lowest BCUT2D eigenvalue weighted by molar-refractivity contribution is 0.290. The van der Waals surface area contributed by atoms with E-state index in [1.54, 1.807) is 106 Å². The van der Waals surface area contributed by atoms with Crippen molar-refractivity contribution in [2.24, 2.45) is 34.4 Å². The third-order valence-electron chi connectivity index (χ3n) is 21.6. The third kappa shape index (κ3) is 40.4. The molecule has 0 unspecified atom stereocenters. The summed E-state index contributed by atoms with van der Waals surface area (Å²) in [6.07, 6.45) is 19.6. The van der Waals surface area contributed by atoms with Crippen molar-refractivity contribution < 1.29 is 92.6 Å². The van der Waals surface area contributed by atoms with E-state index in [1.165, 1.54) is 59.2 Å². The molecule has 6 saturated heterocycles. The number of rotatable bonds is 13. The van der Waals surface area contributed by atoms with Gasteiger partial charge in [0.15, 0.2) is 31.0 Å². The van der Waals surface area contributed by atoms with E-state index in [9.17, 15) is 77.4 Å². The number of aromatic amines is 1. The van der Waals surface area contributed by atoms with Crippen molar-refractivity contribution in [2.75, 3.05) is 125 Å². The Labute approximate surface area is 814 Å². The summed E-state index contributed by atoms with van der Waals surface area (Å²) in [5, 5.41) is 55.3. The van der Waals surface area contributed by atoms with Crippen molar-refractivity contribution in [3.63, 3.8) is 0 Å². The zero-order chi connectivity index (χ0) is 102. The summed E-state index contributed by atoms with van der Waals surface area (Å²) in [5.41, 5.74) is 37.2. The normalized spacial score (nSPS) is 17.4. The Morgan fingerprint density at radius 3 is 1.21 bits per heavy atom. The standard InChI is InChI=1S/C14H13BN2O4S.C14H11BrN2O2S.C14H13N3O2S.C6H15BN2O.C6H6ClNO2S.2C6H13NO2S.C5H12N2.2C5H11NO2S.2C2H7NO/c1-10-9-12-13(15(18)19)7-8-16-14(12)17(10)22(20,21)11-5-3-2-4-6-11;1-10-9-12-13(15)7-8-16-14(12)17(10)20(18,19)11-5-3-2-4-6-11;1-9-7-12-11(5-6-15-14(12)17-9)13-4-3-10(8-16-13)20(2,18)19;1-7(10)9-4-2-6(8)3-5-9;1-11(9,10)5-2-3-6(7)8-4-5;2*1-7-6-2-4-10(8,9)5-3-6;6-5-1-3-7-4-2-5;2*6-5-1-3-9(7,8)4-2-5;2*3-1-2-4/h2-9,18-19H,1H3;2-9H,1H3;3-8H,1-2H3,(H,15,17);6,10H,2-5,8H2,1H3;2-4H,1H3;2*6-7H,2-5H2,1H3;5,7H,1-4,6H2;2*5H,1-4,6H2;2*4H,1-3H2. The highest BCUT2D eigenvalue weighted by Gasteiger charge is 2.30. The van der Waals surface area contributed by atoms with E-state index in [4.69, 9.17) is 61.2 Å². The molecule has 0 aliphatic carbocycles. The predicted molar refractivity (Wildman–Crippen MR) is 542 cm³/mol. The van der Waals surface area contributed by atoms with Gasteiger partial charge in [-0.15, -0.1) is 0 Å². The number of halogens is 2. The minimum absolute atomic E-state index is 0.0972. The summed E-state index contributed by atoms with van der Waals surface area (Å²) in [6, 6.07) is 35.0. The van der Waals surface area contributed by atoms with Gasteiger partial charge in [0, 0.05) is 136 Å². The van der Waals surface area contributed by atoms with Crippen LogP contribution in [0.15, 0.2) is 176 Å². The topological polar surface area (TPSA) is 660 Å². The number of piperidine rings is 2. The monoisotopic (exact) mass is 2130 g/mol. The van der Waals surface area contributed by atoms with Crippen LogP contribution in [0.1, 0.15) is 94.1 Å². The van der Waals surface area contributed by atoms with Crippen LogP contribution in [0.3, 0.4) is 0 Å². The average Bonchev–Trinajstić information content (AvgIpc) is 1.60. The lowest BCUT2D eigenvalue weighted by Crippen LogP contribution is -2.46. The van der Waals surface area contributed by atoms with E-state index < -0.39 is 86.2 Å². The zero-order valence-electron chi connectivity index (χ0n) is 77.7. The van der Waals surface area contributed by atoms with Gasteiger partial charge in [0.05, 0.1) is 84.5 Å². The van der Waals surface area contributed by atoms with Crippen LogP contribution in [0.4, 0.5) is 0 Å². The molecule has 21 N–H and O–H groups in total. The van der Waals surface area contributed by atoms with Crippen molar-refractivity contribution in [3.8, 4) is 11.3 Å². The van der Waals surface area contributed by atoms with Gasteiger partial charge < -0.3 is 85.4 Å². The SMILES string of the molecule is CB(O)N1CCC(N)CC1.CNC1CCS(=O)(=O)CC1.CNC1CCS(=O)(=O)CC1.CS(=O)(=O)c1ccc(Cl)nc1.Cc1cc2c(-c3ccc(S(C)(=O)=O)cn3)ccnc2[nH]1.Cc1cc2c(B(O)O)ccnc2n1S(=O)(=O)c1ccccc1.Cc1cc2c(Br)ccnc2n1S(=O)(=O)c1ccccc1.NC1CCNCC1.NC1CCS(=O)(=O)CC1.NC1CCS(=O)(=O)CC1.NCCO.NCCO. The number of sulfone groups is 6. The molecule has 14 heterocycles. The van der Waals surface area contributed by atoms with Crippen molar-refractivity contribution in [1.82, 2.24) is 58.6 Å². The zero-order valence-corrected chi connectivity index (χ0v) is 86.6. The minimum Gasteiger partial charge on any atom is -0.437 e. The van der Waals surface area contributed by atoms with Crippen LogP contribution in [-0.4, -0.2) is 311 Å². The Hall–Kier alpha value is -7.29. The van der Waals surface area contributed by atoms with Gasteiger partial charge in [0.1, 0.15) is 50.1 Å². The molecule has 0 saturated carbocycles. The second kappa shape index (κ2) is 57.0. The first-order chi connectivity index (χ1) is 63.8. The first-order valence-electron chi connectivity index (χ1n) is 43.7. The number of H-pyrrole nitrogens is 1. The number of benzene rings is 2. The Balaban J connectivity index is 0.000000270. The smallest absolute Gasteiger partial charge is 0.437 e. The summed E-state index contributed by atoms with van der Waals surface area (Å²) < 4.78 is 185. The molecule has 6 fully saturated rings. The highest BCUT2D eigenvalue weighted by atomic mass is 79.9. The molecular weight excluding hydrogens is 2000 g/mol. The fourth-order valence-corrected chi connectivity index (χ4v) is 24.4. The fraction of sp³-hybridized carbons (Fsp3) is 0.494. The quantitative estimate of drug-likeness (QED) is 0.0583. The molecule has 756 valence electrons. The highest BCUT2D eigenvalue weighted by molar-refractivity contribution is 9.10. The number of nitrogens with one attached hydrogen (secondary N) is 4. The molecule has 51 heteroatoms. The van der Waals surface area contributed by atoms with Crippen molar-refractivity contribution in [3.05, 3.63) is 179 Å². The molecule has 0 amide bonds. The third-order valence-corrected chi connectivity index (χ3v) is 35.2. The van der Waals surface area contributed by atoms with Gasteiger partial charge in [-0.05, 0) is 251 Å². The number of aliphatic hydroxyl groups excluding tert-OH is 2. The lowest BCUT2D eigenvalue weighted by atomic mass is 9.79. The van der Waals surface area contributed by atoms with E-state index in [0.29, 0.717) is 108 Å². The number of hydrogen-bond acceptors (Lipinski definition) is 36. The number of aromatic nitrogens is 8. The summed E-state index contributed by atoms with van der Waals surface area (Å²) in [4.78, 5) is 26.5. The van der Waals surface area contributed by atoms with Crippen molar-refractivity contribution in [1.29, 1.82) is 0 Å². The van der Waals surface area contributed by atoms with E-state index in [1.807, 2.05) is 44.0 Å². The Morgan fingerprint density at radius 2 is 0.853 bits per heavy atom. The van der Waals surface area contributed by atoms with E-state index in [-0.39, 0.29) is 91.2 Å². The molecule has 0 atom stereocenters. The van der Waals surface area contributed by atoms with Gasteiger partial charge >= 0.3 is 14.2 Å². The molecule has 0 radical (unpaired) electrons. The minimum atomic E-state index is -3.80. The summed E-state index contributed by atoms with van der Waals surface area (Å²) in [5.74, 6) is 2.58. The van der Waals surface area contributed by atoms with Gasteiger partial charge in [0.2, 0.25) is 0 Å². The number of hydrogen-bond donors (Lipinski definition) is 15. The van der Waals surface area contributed by atoms with Crippen molar-refractivity contribution >= 4 is 159 Å². The van der Waals surface area contributed by atoms with E-state index >= 15 is 0 Å². The molecule has 2 aromatic carbocycles. The van der Waals surface area contributed by atoms with Crippen LogP contribution < -0.4 is 55.8 Å². The Kier molecular flexibility index (Phi) is 49.9. The van der Waals surface area contributed by atoms with Crippen LogP contribution in [0.2, 0.25) is 12.0 Å². The average molecular weight is 2140 g/mol. The largest absolute Gasteiger partial charge is 0.489 e. The number of pyridine rings is 5. The van der Waals surface area contributed by atoms with E-state index in [0.717, 1.165) is 126 Å².